The number of anilines is 1. The molecule has 0 aliphatic carbocycles. The lowest BCUT2D eigenvalue weighted by Crippen LogP contribution is -2.19. The van der Waals surface area contributed by atoms with Gasteiger partial charge >= 0.3 is 0 Å². The van der Waals surface area contributed by atoms with Crippen molar-refractivity contribution in [2.24, 2.45) is 7.05 Å². The molecule has 0 aliphatic heterocycles. The third kappa shape index (κ3) is 3.11. The van der Waals surface area contributed by atoms with Gasteiger partial charge in [0.25, 0.3) is 0 Å². The van der Waals surface area contributed by atoms with E-state index in [1.807, 2.05) is 31.6 Å². The highest BCUT2D eigenvalue weighted by Crippen LogP contribution is 2.25. The van der Waals surface area contributed by atoms with Crippen molar-refractivity contribution in [2.45, 2.75) is 40.2 Å². The molecule has 126 valence electrons. The van der Waals surface area contributed by atoms with E-state index in [1.165, 1.54) is 23.4 Å². The van der Waals surface area contributed by atoms with Crippen LogP contribution in [-0.2, 0) is 13.5 Å². The highest BCUT2D eigenvalue weighted by molar-refractivity contribution is 5.91. The fourth-order valence-electron chi connectivity index (χ4n) is 3.19. The minimum atomic E-state index is -0.247. The molecule has 0 bridgehead atoms. The molecule has 4 nitrogen and oxygen atoms in total. The van der Waals surface area contributed by atoms with Crippen LogP contribution in [0.15, 0.2) is 24.3 Å². The first-order valence-electron chi connectivity index (χ1n) is 8.17. The van der Waals surface area contributed by atoms with Gasteiger partial charge in [0.05, 0.1) is 11.2 Å². The molecule has 2 aromatic heterocycles. The molecule has 24 heavy (non-hydrogen) atoms. The first-order valence-corrected chi connectivity index (χ1v) is 8.17. The maximum atomic E-state index is 13.6. The molecule has 0 radical (unpaired) electrons. The van der Waals surface area contributed by atoms with E-state index in [-0.39, 0.29) is 11.9 Å². The van der Waals surface area contributed by atoms with Crippen molar-refractivity contribution in [2.75, 3.05) is 5.32 Å². The van der Waals surface area contributed by atoms with E-state index in [9.17, 15) is 4.39 Å². The average Bonchev–Trinajstić information content (AvgIpc) is 2.74. The number of rotatable bonds is 4. The van der Waals surface area contributed by atoms with Crippen molar-refractivity contribution in [1.82, 2.24) is 14.8 Å². The number of aromatic nitrogens is 3. The zero-order valence-corrected chi connectivity index (χ0v) is 14.8. The van der Waals surface area contributed by atoms with Gasteiger partial charge in [0.15, 0.2) is 0 Å². The number of pyridine rings is 1. The first-order chi connectivity index (χ1) is 11.3. The van der Waals surface area contributed by atoms with E-state index in [2.05, 4.69) is 29.2 Å². The third-order valence-corrected chi connectivity index (χ3v) is 4.47. The molecule has 0 spiro atoms. The molecule has 0 aliphatic rings. The number of benzene rings is 1. The Morgan fingerprint density at radius 3 is 2.62 bits per heavy atom. The molecule has 3 aromatic rings. The van der Waals surface area contributed by atoms with Gasteiger partial charge in [-0.1, -0.05) is 0 Å². The van der Waals surface area contributed by atoms with Crippen molar-refractivity contribution >= 4 is 16.6 Å². The number of hydrogen-bond donors (Lipinski definition) is 1. The Labute approximate surface area is 141 Å². The van der Waals surface area contributed by atoms with E-state index in [0.717, 1.165) is 34.4 Å². The molecule has 1 N–H and O–H groups in total. The van der Waals surface area contributed by atoms with Crippen molar-refractivity contribution in [3.05, 3.63) is 52.7 Å². The summed E-state index contributed by atoms with van der Waals surface area (Å²) in [5, 5.41) is 8.81. The van der Waals surface area contributed by atoms with Gasteiger partial charge in [0.1, 0.15) is 5.82 Å². The predicted octanol–water partition coefficient (Wildman–Crippen LogP) is 4.08. The van der Waals surface area contributed by atoms with Crippen LogP contribution in [0.3, 0.4) is 0 Å². The fraction of sp³-hybridized carbons (Fsp3) is 0.368. The van der Waals surface area contributed by atoms with E-state index in [1.54, 1.807) is 6.07 Å². The minimum Gasteiger partial charge on any atom is -0.382 e. The maximum absolute atomic E-state index is 13.6. The third-order valence-electron chi connectivity index (χ3n) is 4.47. The number of nitrogens with zero attached hydrogens (tertiary/aromatic N) is 3. The van der Waals surface area contributed by atoms with Gasteiger partial charge in [-0.15, -0.1) is 0 Å². The Kier molecular flexibility index (Phi) is 4.26. The molecule has 0 fully saturated rings. The van der Waals surface area contributed by atoms with Crippen molar-refractivity contribution in [3.8, 4) is 0 Å². The Morgan fingerprint density at radius 1 is 1.21 bits per heavy atom. The molecule has 3 rings (SSSR count). The number of halogens is 1. The number of fused-ring (bicyclic) bond motifs is 1. The summed E-state index contributed by atoms with van der Waals surface area (Å²) in [5.41, 5.74) is 6.15. The molecule has 2 heterocycles. The van der Waals surface area contributed by atoms with Crippen LogP contribution < -0.4 is 5.32 Å². The van der Waals surface area contributed by atoms with Crippen LogP contribution in [0.1, 0.15) is 29.6 Å². The van der Waals surface area contributed by atoms with Gasteiger partial charge in [-0.2, -0.15) is 5.10 Å². The molecule has 1 atom stereocenters. The van der Waals surface area contributed by atoms with Gasteiger partial charge in [-0.3, -0.25) is 9.67 Å². The lowest BCUT2D eigenvalue weighted by Gasteiger charge is -2.18. The van der Waals surface area contributed by atoms with Crippen LogP contribution in [0.4, 0.5) is 10.1 Å². The molecule has 5 heteroatoms. The fourth-order valence-corrected chi connectivity index (χ4v) is 3.19. The summed E-state index contributed by atoms with van der Waals surface area (Å²) >= 11 is 0. The Hall–Kier alpha value is -2.43. The number of hydrogen-bond acceptors (Lipinski definition) is 3. The Morgan fingerprint density at radius 2 is 1.96 bits per heavy atom. The zero-order chi connectivity index (χ0) is 17.4. The van der Waals surface area contributed by atoms with E-state index < -0.39 is 0 Å². The summed E-state index contributed by atoms with van der Waals surface area (Å²) in [6, 6.07) is 6.88. The number of nitrogens with one attached hydrogen (secondary N) is 1. The lowest BCUT2D eigenvalue weighted by molar-refractivity contribution is 0.629. The SMILES string of the molecule is Cc1cc(NC(C)Cc2c(C)nn(C)c2C)c2cc(F)ccc2n1. The standard InChI is InChI=1S/C19H23FN4/c1-11(8-16-13(3)23-24(5)14(16)4)22-19-9-12(2)21-18-7-6-15(20)10-17(18)19/h6-7,9-11H,8H2,1-5H3,(H,21,22). The highest BCUT2D eigenvalue weighted by Gasteiger charge is 2.14. The predicted molar refractivity (Wildman–Crippen MR) is 95.9 cm³/mol. The summed E-state index contributed by atoms with van der Waals surface area (Å²) < 4.78 is 15.6. The second-order valence-electron chi connectivity index (χ2n) is 6.50. The van der Waals surface area contributed by atoms with Crippen LogP contribution in [-0.4, -0.2) is 20.8 Å². The molecular formula is C19H23FN4. The Bertz CT molecular complexity index is 898. The summed E-state index contributed by atoms with van der Waals surface area (Å²) in [5.74, 6) is -0.247. The molecular weight excluding hydrogens is 303 g/mol. The van der Waals surface area contributed by atoms with Crippen molar-refractivity contribution < 1.29 is 4.39 Å². The average molecular weight is 326 g/mol. The monoisotopic (exact) mass is 326 g/mol. The summed E-state index contributed by atoms with van der Waals surface area (Å²) in [4.78, 5) is 4.48. The second kappa shape index (κ2) is 6.23. The number of aryl methyl sites for hydroxylation is 3. The van der Waals surface area contributed by atoms with E-state index in [4.69, 9.17) is 0 Å². The van der Waals surface area contributed by atoms with E-state index in [0.29, 0.717) is 0 Å². The maximum Gasteiger partial charge on any atom is 0.124 e. The summed E-state index contributed by atoms with van der Waals surface area (Å²) in [6.07, 6.45) is 0.865. The van der Waals surface area contributed by atoms with Crippen LogP contribution in [0.2, 0.25) is 0 Å². The van der Waals surface area contributed by atoms with Gasteiger partial charge in [0.2, 0.25) is 0 Å². The van der Waals surface area contributed by atoms with Crippen molar-refractivity contribution in [1.29, 1.82) is 0 Å². The van der Waals surface area contributed by atoms with Crippen LogP contribution >= 0.6 is 0 Å². The lowest BCUT2D eigenvalue weighted by atomic mass is 10.0. The topological polar surface area (TPSA) is 42.7 Å². The summed E-state index contributed by atoms with van der Waals surface area (Å²) in [6.45, 7) is 8.21. The van der Waals surface area contributed by atoms with E-state index >= 15 is 0 Å². The van der Waals surface area contributed by atoms with Gasteiger partial charge in [-0.05, 0) is 63.9 Å². The summed E-state index contributed by atoms with van der Waals surface area (Å²) in [7, 11) is 1.96. The first kappa shape index (κ1) is 16.4. The smallest absolute Gasteiger partial charge is 0.124 e. The largest absolute Gasteiger partial charge is 0.382 e. The molecule has 1 unspecified atom stereocenters. The van der Waals surface area contributed by atoms with Crippen LogP contribution in [0.25, 0.3) is 10.9 Å². The van der Waals surface area contributed by atoms with Crippen molar-refractivity contribution in [3.63, 3.8) is 0 Å². The molecule has 0 saturated carbocycles. The van der Waals surface area contributed by atoms with Crippen LogP contribution in [0.5, 0.6) is 0 Å². The Balaban J connectivity index is 1.90. The van der Waals surface area contributed by atoms with Gasteiger partial charge < -0.3 is 5.32 Å². The second-order valence-corrected chi connectivity index (χ2v) is 6.50. The van der Waals surface area contributed by atoms with Gasteiger partial charge in [-0.25, -0.2) is 4.39 Å². The van der Waals surface area contributed by atoms with Crippen LogP contribution in [0, 0.1) is 26.6 Å². The zero-order valence-electron chi connectivity index (χ0n) is 14.8. The minimum absolute atomic E-state index is 0.194. The highest BCUT2D eigenvalue weighted by atomic mass is 19.1. The van der Waals surface area contributed by atoms with Gasteiger partial charge in [0, 0.05) is 35.6 Å². The molecule has 1 aromatic carbocycles. The molecule has 0 saturated heterocycles. The normalized spacial score (nSPS) is 12.6. The quantitative estimate of drug-likeness (QED) is 0.786. The molecule has 0 amide bonds.